The number of aromatic nitrogens is 1. The topological polar surface area (TPSA) is 92.4 Å². The number of nitrogens with one attached hydrogen (secondary N) is 1. The zero-order valence-electron chi connectivity index (χ0n) is 8.39. The van der Waals surface area contributed by atoms with E-state index >= 15 is 0 Å². The molecule has 1 rings (SSSR count). The number of aromatic carboxylic acids is 1. The third kappa shape index (κ3) is 3.35. The molecule has 0 radical (unpaired) electrons. The molecule has 2 atom stereocenters. The summed E-state index contributed by atoms with van der Waals surface area (Å²) in [5, 5.41) is 11.3. The van der Waals surface area contributed by atoms with Gasteiger partial charge in [0.2, 0.25) is 0 Å². The Morgan fingerprint density at radius 3 is 2.93 bits per heavy atom. The fourth-order valence-electron chi connectivity index (χ4n) is 0.802. The zero-order valence-corrected chi connectivity index (χ0v) is 9.21. The third-order valence-corrected chi connectivity index (χ3v) is 3.13. The second-order valence-electron chi connectivity index (χ2n) is 3.03. The van der Waals surface area contributed by atoms with Gasteiger partial charge < -0.3 is 14.8 Å². The van der Waals surface area contributed by atoms with Crippen LogP contribution in [0.15, 0.2) is 10.7 Å². The Morgan fingerprint density at radius 2 is 2.47 bits per heavy atom. The van der Waals surface area contributed by atoms with Gasteiger partial charge in [-0.05, 0) is 6.92 Å². The van der Waals surface area contributed by atoms with Crippen LogP contribution >= 0.6 is 0 Å². The van der Waals surface area contributed by atoms with Crippen molar-refractivity contribution < 1.29 is 18.5 Å². The van der Waals surface area contributed by atoms with Crippen molar-refractivity contribution in [2.75, 3.05) is 18.1 Å². The SMILES string of the molecule is CC(CNc1nc(C(=O)O)co1)S(C)=O. The number of oxazole rings is 1. The van der Waals surface area contributed by atoms with E-state index in [1.807, 2.05) is 6.92 Å². The highest BCUT2D eigenvalue weighted by Crippen LogP contribution is 2.07. The van der Waals surface area contributed by atoms with Crippen molar-refractivity contribution in [1.82, 2.24) is 4.98 Å². The lowest BCUT2D eigenvalue weighted by atomic mass is 10.5. The fraction of sp³-hybridized carbons (Fsp3) is 0.500. The molecule has 0 aliphatic rings. The first-order valence-corrected chi connectivity index (χ1v) is 5.87. The summed E-state index contributed by atoms with van der Waals surface area (Å²) in [6.45, 7) is 2.23. The van der Waals surface area contributed by atoms with Gasteiger partial charge in [-0.3, -0.25) is 4.21 Å². The molecule has 0 spiro atoms. The zero-order chi connectivity index (χ0) is 11.4. The van der Waals surface area contributed by atoms with E-state index in [1.165, 1.54) is 0 Å². The molecule has 1 aromatic heterocycles. The minimum atomic E-state index is -1.14. The van der Waals surface area contributed by atoms with Gasteiger partial charge in [-0.2, -0.15) is 4.98 Å². The van der Waals surface area contributed by atoms with Gasteiger partial charge in [0.15, 0.2) is 5.69 Å². The van der Waals surface area contributed by atoms with Gasteiger partial charge in [-0.25, -0.2) is 4.79 Å². The molecule has 2 N–H and O–H groups in total. The number of anilines is 1. The molecule has 0 saturated heterocycles. The van der Waals surface area contributed by atoms with Crippen molar-refractivity contribution in [2.45, 2.75) is 12.2 Å². The van der Waals surface area contributed by atoms with Gasteiger partial charge in [0.1, 0.15) is 6.26 Å². The number of nitrogens with zero attached hydrogens (tertiary/aromatic N) is 1. The van der Waals surface area contributed by atoms with Crippen LogP contribution in [0.25, 0.3) is 0 Å². The highest BCUT2D eigenvalue weighted by Gasteiger charge is 2.11. The smallest absolute Gasteiger partial charge is 0.357 e. The molecule has 84 valence electrons. The highest BCUT2D eigenvalue weighted by molar-refractivity contribution is 7.84. The van der Waals surface area contributed by atoms with Crippen molar-refractivity contribution in [1.29, 1.82) is 0 Å². The summed E-state index contributed by atoms with van der Waals surface area (Å²) in [5.74, 6) is -1.14. The lowest BCUT2D eigenvalue weighted by Crippen LogP contribution is -2.20. The van der Waals surface area contributed by atoms with Crippen LogP contribution in [0.1, 0.15) is 17.4 Å². The number of carboxylic acid groups (broad SMARTS) is 1. The third-order valence-electron chi connectivity index (χ3n) is 1.83. The van der Waals surface area contributed by atoms with Gasteiger partial charge in [0, 0.05) is 28.9 Å². The molecule has 0 aromatic carbocycles. The summed E-state index contributed by atoms with van der Waals surface area (Å²) in [6.07, 6.45) is 2.66. The Morgan fingerprint density at radius 1 is 1.80 bits per heavy atom. The van der Waals surface area contributed by atoms with Crippen molar-refractivity contribution in [3.05, 3.63) is 12.0 Å². The quantitative estimate of drug-likeness (QED) is 0.770. The van der Waals surface area contributed by atoms with Crippen LogP contribution in [0.2, 0.25) is 0 Å². The summed E-state index contributed by atoms with van der Waals surface area (Å²) >= 11 is 0. The maximum Gasteiger partial charge on any atom is 0.357 e. The Hall–Kier alpha value is -1.37. The van der Waals surface area contributed by atoms with E-state index in [9.17, 15) is 9.00 Å². The number of hydrogen-bond donors (Lipinski definition) is 2. The monoisotopic (exact) mass is 232 g/mol. The first-order valence-electron chi connectivity index (χ1n) is 4.25. The number of rotatable bonds is 5. The molecule has 0 saturated carbocycles. The largest absolute Gasteiger partial charge is 0.476 e. The van der Waals surface area contributed by atoms with E-state index in [1.54, 1.807) is 6.26 Å². The lowest BCUT2D eigenvalue weighted by Gasteiger charge is -2.07. The molecule has 2 unspecified atom stereocenters. The van der Waals surface area contributed by atoms with Crippen LogP contribution in [-0.2, 0) is 10.8 Å². The molecule has 7 heteroatoms. The van der Waals surface area contributed by atoms with E-state index in [4.69, 9.17) is 9.52 Å². The molecule has 15 heavy (non-hydrogen) atoms. The van der Waals surface area contributed by atoms with Gasteiger partial charge >= 0.3 is 5.97 Å². The average molecular weight is 232 g/mol. The minimum Gasteiger partial charge on any atom is -0.476 e. The van der Waals surface area contributed by atoms with Crippen LogP contribution < -0.4 is 5.32 Å². The predicted octanol–water partition coefficient (Wildman–Crippen LogP) is 0.552. The molecule has 0 amide bonds. The number of hydrogen-bond acceptors (Lipinski definition) is 5. The molecule has 0 fully saturated rings. The van der Waals surface area contributed by atoms with E-state index in [2.05, 4.69) is 10.3 Å². The highest BCUT2D eigenvalue weighted by atomic mass is 32.2. The Labute approximate surface area is 89.1 Å². The Bertz CT molecular complexity index is 376. The van der Waals surface area contributed by atoms with E-state index < -0.39 is 16.8 Å². The first-order chi connectivity index (χ1) is 7.00. The summed E-state index contributed by atoms with van der Waals surface area (Å²) in [5.41, 5.74) is -0.150. The van der Waals surface area contributed by atoms with E-state index in [0.717, 1.165) is 6.26 Å². The molecule has 0 aliphatic heterocycles. The standard InChI is InChI=1S/C8H12N2O4S/c1-5(15(2)13)3-9-8-10-6(4-14-8)7(11)12/h4-5H,3H2,1-2H3,(H,9,10)(H,11,12). The fourth-order valence-corrected chi connectivity index (χ4v) is 1.12. The van der Waals surface area contributed by atoms with E-state index in [0.29, 0.717) is 6.54 Å². The van der Waals surface area contributed by atoms with Crippen LogP contribution in [-0.4, -0.2) is 38.3 Å². The maximum atomic E-state index is 11.0. The predicted molar refractivity (Wildman–Crippen MR) is 55.5 cm³/mol. The second kappa shape index (κ2) is 4.92. The molecule has 6 nitrogen and oxygen atoms in total. The Balaban J connectivity index is 2.51. The Kier molecular flexibility index (Phi) is 3.84. The van der Waals surface area contributed by atoms with Crippen molar-refractivity contribution in [2.24, 2.45) is 0 Å². The van der Waals surface area contributed by atoms with Crippen LogP contribution in [0, 0.1) is 0 Å². The molecular formula is C8H12N2O4S. The van der Waals surface area contributed by atoms with Crippen molar-refractivity contribution in [3.8, 4) is 0 Å². The van der Waals surface area contributed by atoms with E-state index in [-0.39, 0.29) is 17.0 Å². The summed E-state index contributed by atoms with van der Waals surface area (Å²) < 4.78 is 15.9. The molecular weight excluding hydrogens is 220 g/mol. The van der Waals surface area contributed by atoms with Crippen molar-refractivity contribution >= 4 is 22.8 Å². The van der Waals surface area contributed by atoms with Crippen LogP contribution in [0.3, 0.4) is 0 Å². The van der Waals surface area contributed by atoms with Gasteiger partial charge in [-0.15, -0.1) is 0 Å². The lowest BCUT2D eigenvalue weighted by molar-refractivity contribution is 0.0690. The molecule has 0 aliphatic carbocycles. The summed E-state index contributed by atoms with van der Waals surface area (Å²) in [6, 6.07) is 0.129. The van der Waals surface area contributed by atoms with Crippen LogP contribution in [0.4, 0.5) is 6.01 Å². The minimum absolute atomic E-state index is 0.0508. The molecule has 0 bridgehead atoms. The molecule has 1 heterocycles. The summed E-state index contributed by atoms with van der Waals surface area (Å²) in [7, 11) is -0.934. The van der Waals surface area contributed by atoms with Gasteiger partial charge in [0.25, 0.3) is 6.01 Å². The number of carbonyl (C=O) groups is 1. The second-order valence-corrected chi connectivity index (χ2v) is 4.84. The van der Waals surface area contributed by atoms with Gasteiger partial charge in [0.05, 0.1) is 0 Å². The normalized spacial score (nSPS) is 14.5. The maximum absolute atomic E-state index is 11.0. The summed E-state index contributed by atoms with van der Waals surface area (Å²) in [4.78, 5) is 14.1. The molecule has 1 aromatic rings. The van der Waals surface area contributed by atoms with Gasteiger partial charge in [-0.1, -0.05) is 0 Å². The first kappa shape index (κ1) is 11.7. The average Bonchev–Trinajstić information content (AvgIpc) is 2.62. The number of carboxylic acids is 1. The van der Waals surface area contributed by atoms with Crippen molar-refractivity contribution in [3.63, 3.8) is 0 Å². The van der Waals surface area contributed by atoms with Crippen LogP contribution in [0.5, 0.6) is 0 Å².